The highest BCUT2D eigenvalue weighted by atomic mass is 16.3. The minimum Gasteiger partial charge on any atom is -0.389 e. The lowest BCUT2D eigenvalue weighted by Gasteiger charge is -2.19. The number of imidazole rings is 1. The number of aromatic nitrogens is 2. The predicted octanol–water partition coefficient (Wildman–Crippen LogP) is 0.648. The summed E-state index contributed by atoms with van der Waals surface area (Å²) in [5.41, 5.74) is -0.482. The van der Waals surface area contributed by atoms with Crippen molar-refractivity contribution in [2.75, 3.05) is 19.6 Å². The third-order valence-electron chi connectivity index (χ3n) is 3.11. The highest BCUT2D eigenvalue weighted by Crippen LogP contribution is 2.19. The zero-order valence-electron chi connectivity index (χ0n) is 9.48. The molecule has 1 fully saturated rings. The fourth-order valence-electron chi connectivity index (χ4n) is 2.12. The quantitative estimate of drug-likeness (QED) is 0.794. The highest BCUT2D eigenvalue weighted by molar-refractivity contribution is 4.90. The van der Waals surface area contributed by atoms with Crippen LogP contribution in [0.25, 0.3) is 0 Å². The molecule has 84 valence electrons. The van der Waals surface area contributed by atoms with Crippen LogP contribution in [0.2, 0.25) is 0 Å². The van der Waals surface area contributed by atoms with E-state index in [1.54, 1.807) is 0 Å². The van der Waals surface area contributed by atoms with Gasteiger partial charge in [0, 0.05) is 38.6 Å². The van der Waals surface area contributed by atoms with Gasteiger partial charge in [0.25, 0.3) is 0 Å². The molecule has 1 N–H and O–H groups in total. The number of likely N-dealkylation sites (tertiary alicyclic amines) is 1. The van der Waals surface area contributed by atoms with Crippen molar-refractivity contribution in [3.05, 3.63) is 18.2 Å². The molecule has 1 aliphatic heterocycles. The van der Waals surface area contributed by atoms with Crippen LogP contribution in [0, 0.1) is 6.92 Å². The van der Waals surface area contributed by atoms with E-state index >= 15 is 0 Å². The van der Waals surface area contributed by atoms with Crippen LogP contribution in [-0.2, 0) is 6.54 Å². The van der Waals surface area contributed by atoms with Crippen molar-refractivity contribution in [3.8, 4) is 0 Å². The minimum atomic E-state index is -0.482. The Kier molecular flexibility index (Phi) is 2.80. The van der Waals surface area contributed by atoms with E-state index in [-0.39, 0.29) is 0 Å². The van der Waals surface area contributed by atoms with E-state index < -0.39 is 5.60 Å². The maximum atomic E-state index is 9.82. The van der Waals surface area contributed by atoms with Gasteiger partial charge in [-0.25, -0.2) is 4.98 Å². The number of nitrogens with zero attached hydrogens (tertiary/aromatic N) is 3. The van der Waals surface area contributed by atoms with Crippen LogP contribution < -0.4 is 0 Å². The molecule has 1 atom stereocenters. The summed E-state index contributed by atoms with van der Waals surface area (Å²) in [4.78, 5) is 6.49. The molecule has 0 bridgehead atoms. The van der Waals surface area contributed by atoms with Gasteiger partial charge in [0.05, 0.1) is 5.60 Å². The van der Waals surface area contributed by atoms with Crippen molar-refractivity contribution < 1.29 is 5.11 Å². The lowest BCUT2D eigenvalue weighted by molar-refractivity contribution is 0.0684. The highest BCUT2D eigenvalue weighted by Gasteiger charge is 2.30. The molecule has 2 heterocycles. The summed E-state index contributed by atoms with van der Waals surface area (Å²) in [5.74, 6) is 1.06. The third-order valence-corrected chi connectivity index (χ3v) is 3.11. The van der Waals surface area contributed by atoms with Crippen molar-refractivity contribution in [1.29, 1.82) is 0 Å². The molecule has 0 spiro atoms. The van der Waals surface area contributed by atoms with Gasteiger partial charge in [0.1, 0.15) is 5.82 Å². The van der Waals surface area contributed by atoms with Crippen molar-refractivity contribution in [3.63, 3.8) is 0 Å². The average Bonchev–Trinajstić information content (AvgIpc) is 2.69. The molecule has 2 rings (SSSR count). The number of aliphatic hydroxyl groups is 1. The van der Waals surface area contributed by atoms with Crippen LogP contribution in [0.3, 0.4) is 0 Å². The SMILES string of the molecule is Cc1nccn1CCN1CCC(C)(O)C1. The van der Waals surface area contributed by atoms with Crippen molar-refractivity contribution in [2.24, 2.45) is 0 Å². The lowest BCUT2D eigenvalue weighted by Crippen LogP contribution is -2.31. The van der Waals surface area contributed by atoms with Gasteiger partial charge in [-0.1, -0.05) is 0 Å². The van der Waals surface area contributed by atoms with E-state index in [1.807, 2.05) is 26.2 Å². The normalized spacial score (nSPS) is 27.4. The summed E-state index contributed by atoms with van der Waals surface area (Å²) in [6.45, 7) is 7.67. The van der Waals surface area contributed by atoms with E-state index in [2.05, 4.69) is 14.5 Å². The maximum absolute atomic E-state index is 9.82. The Morgan fingerprint density at radius 2 is 2.33 bits per heavy atom. The molecule has 0 radical (unpaired) electrons. The molecule has 1 aromatic rings. The van der Waals surface area contributed by atoms with E-state index in [0.29, 0.717) is 0 Å². The van der Waals surface area contributed by atoms with Gasteiger partial charge >= 0.3 is 0 Å². The van der Waals surface area contributed by atoms with E-state index in [1.165, 1.54) is 0 Å². The van der Waals surface area contributed by atoms with E-state index in [9.17, 15) is 5.11 Å². The van der Waals surface area contributed by atoms with Gasteiger partial charge < -0.3 is 9.67 Å². The largest absolute Gasteiger partial charge is 0.389 e. The first kappa shape index (κ1) is 10.6. The summed E-state index contributed by atoms with van der Waals surface area (Å²) in [6.07, 6.45) is 4.72. The Hall–Kier alpha value is -0.870. The summed E-state index contributed by atoms with van der Waals surface area (Å²) < 4.78 is 2.15. The molecule has 0 saturated carbocycles. The molecule has 1 aliphatic rings. The first-order valence-electron chi connectivity index (χ1n) is 5.49. The second-order valence-corrected chi connectivity index (χ2v) is 4.69. The topological polar surface area (TPSA) is 41.3 Å². The van der Waals surface area contributed by atoms with E-state index in [4.69, 9.17) is 0 Å². The third kappa shape index (κ3) is 2.58. The zero-order chi connectivity index (χ0) is 10.9. The zero-order valence-corrected chi connectivity index (χ0v) is 9.48. The molecule has 1 saturated heterocycles. The number of hydrogen-bond acceptors (Lipinski definition) is 3. The van der Waals surface area contributed by atoms with Crippen LogP contribution in [0.5, 0.6) is 0 Å². The number of rotatable bonds is 3. The second kappa shape index (κ2) is 3.94. The fourth-order valence-corrected chi connectivity index (χ4v) is 2.12. The van der Waals surface area contributed by atoms with E-state index in [0.717, 1.165) is 38.4 Å². The minimum absolute atomic E-state index is 0.482. The first-order chi connectivity index (χ1) is 7.07. The monoisotopic (exact) mass is 209 g/mol. The molecule has 0 aromatic carbocycles. The molecule has 1 unspecified atom stereocenters. The van der Waals surface area contributed by atoms with Crippen molar-refractivity contribution in [2.45, 2.75) is 32.4 Å². The number of β-amino-alcohol motifs (C(OH)–C–C–N with tert-alkyl or cyclic N) is 1. The Morgan fingerprint density at radius 1 is 1.53 bits per heavy atom. The standard InChI is InChI=1S/C11H19N3O/c1-10-12-4-6-14(10)8-7-13-5-3-11(2,15)9-13/h4,6,15H,3,5,7-9H2,1-2H3. The average molecular weight is 209 g/mol. The van der Waals surface area contributed by atoms with Gasteiger partial charge in [0.2, 0.25) is 0 Å². The molecule has 15 heavy (non-hydrogen) atoms. The van der Waals surface area contributed by atoms with Crippen LogP contribution in [0.4, 0.5) is 0 Å². The predicted molar refractivity (Wildman–Crippen MR) is 58.6 cm³/mol. The van der Waals surface area contributed by atoms with Gasteiger partial charge in [-0.05, 0) is 20.3 Å². The maximum Gasteiger partial charge on any atom is 0.105 e. The van der Waals surface area contributed by atoms with Crippen LogP contribution in [-0.4, -0.2) is 44.8 Å². The summed E-state index contributed by atoms with van der Waals surface area (Å²) in [6, 6.07) is 0. The molecule has 1 aromatic heterocycles. The number of hydrogen-bond donors (Lipinski definition) is 1. The van der Waals surface area contributed by atoms with Crippen LogP contribution >= 0.6 is 0 Å². The summed E-state index contributed by atoms with van der Waals surface area (Å²) >= 11 is 0. The van der Waals surface area contributed by atoms with Crippen molar-refractivity contribution in [1.82, 2.24) is 14.5 Å². The molecular weight excluding hydrogens is 190 g/mol. The second-order valence-electron chi connectivity index (χ2n) is 4.69. The van der Waals surface area contributed by atoms with Crippen LogP contribution in [0.1, 0.15) is 19.2 Å². The fraction of sp³-hybridized carbons (Fsp3) is 0.727. The number of aryl methyl sites for hydroxylation is 1. The Balaban J connectivity index is 1.83. The Bertz CT molecular complexity index is 332. The molecule has 4 heteroatoms. The molecule has 4 nitrogen and oxygen atoms in total. The molecule has 0 aliphatic carbocycles. The Morgan fingerprint density at radius 3 is 2.87 bits per heavy atom. The molecular formula is C11H19N3O. The molecule has 0 amide bonds. The first-order valence-corrected chi connectivity index (χ1v) is 5.49. The van der Waals surface area contributed by atoms with Gasteiger partial charge in [-0.2, -0.15) is 0 Å². The van der Waals surface area contributed by atoms with Crippen LogP contribution in [0.15, 0.2) is 12.4 Å². The van der Waals surface area contributed by atoms with Gasteiger partial charge in [-0.3, -0.25) is 4.90 Å². The van der Waals surface area contributed by atoms with Gasteiger partial charge in [-0.15, -0.1) is 0 Å². The Labute approximate surface area is 90.5 Å². The van der Waals surface area contributed by atoms with Gasteiger partial charge in [0.15, 0.2) is 0 Å². The summed E-state index contributed by atoms with van der Waals surface area (Å²) in [5, 5.41) is 9.82. The van der Waals surface area contributed by atoms with Crippen molar-refractivity contribution >= 4 is 0 Å². The summed E-state index contributed by atoms with van der Waals surface area (Å²) in [7, 11) is 0. The smallest absolute Gasteiger partial charge is 0.105 e. The lowest BCUT2D eigenvalue weighted by atomic mass is 10.1.